The molecular weight excluding hydrogens is 247 g/mol. The van der Waals surface area contributed by atoms with Crippen molar-refractivity contribution in [3.63, 3.8) is 0 Å². The van der Waals surface area contributed by atoms with Gasteiger partial charge in [0.1, 0.15) is 0 Å². The van der Waals surface area contributed by atoms with Crippen molar-refractivity contribution in [1.29, 1.82) is 0 Å². The first-order valence-electron chi connectivity index (χ1n) is 5.43. The highest BCUT2D eigenvalue weighted by molar-refractivity contribution is 7.99. The van der Waals surface area contributed by atoms with Crippen molar-refractivity contribution in [3.8, 4) is 0 Å². The fraction of sp³-hybridized carbons (Fsp3) is 0.500. The van der Waals surface area contributed by atoms with Crippen molar-refractivity contribution < 1.29 is 13.2 Å². The Morgan fingerprint density at radius 2 is 2.06 bits per heavy atom. The molecule has 0 radical (unpaired) electrons. The maximum absolute atomic E-state index is 11.9. The second-order valence-corrected chi connectivity index (χ2v) is 5.10. The third-order valence-corrected chi connectivity index (χ3v) is 3.34. The number of thioether (sulfide) groups is 1. The Hall–Kier alpha value is -0.680. The van der Waals surface area contributed by atoms with Gasteiger partial charge in [0.15, 0.2) is 0 Å². The van der Waals surface area contributed by atoms with Gasteiger partial charge in [-0.05, 0) is 36.8 Å². The molecule has 1 atom stereocenters. The molecule has 0 aliphatic carbocycles. The van der Waals surface area contributed by atoms with Crippen molar-refractivity contribution in [2.45, 2.75) is 36.9 Å². The van der Waals surface area contributed by atoms with Gasteiger partial charge < -0.3 is 5.73 Å². The van der Waals surface area contributed by atoms with E-state index in [0.29, 0.717) is 5.75 Å². The molecule has 1 unspecified atom stereocenters. The van der Waals surface area contributed by atoms with Crippen LogP contribution in [0.4, 0.5) is 13.2 Å². The SMILES string of the molecule is CC(N)c1cccc(SCCCC(F)(F)F)c1. The maximum Gasteiger partial charge on any atom is 0.389 e. The highest BCUT2D eigenvalue weighted by atomic mass is 32.2. The third kappa shape index (κ3) is 5.98. The average molecular weight is 263 g/mol. The molecule has 0 aromatic heterocycles. The third-order valence-electron chi connectivity index (χ3n) is 2.26. The van der Waals surface area contributed by atoms with Crippen molar-refractivity contribution >= 4 is 11.8 Å². The first kappa shape index (κ1) is 14.4. The molecule has 2 N–H and O–H groups in total. The van der Waals surface area contributed by atoms with Crippen LogP contribution in [-0.2, 0) is 0 Å². The Labute approximate surface area is 104 Å². The highest BCUT2D eigenvalue weighted by Gasteiger charge is 2.25. The zero-order valence-electron chi connectivity index (χ0n) is 9.63. The van der Waals surface area contributed by atoms with Gasteiger partial charge in [-0.15, -0.1) is 11.8 Å². The van der Waals surface area contributed by atoms with Crippen LogP contribution in [0.2, 0.25) is 0 Å². The first-order valence-corrected chi connectivity index (χ1v) is 6.42. The van der Waals surface area contributed by atoms with Crippen molar-refractivity contribution in [1.82, 2.24) is 0 Å². The molecule has 0 bridgehead atoms. The summed E-state index contributed by atoms with van der Waals surface area (Å²) in [6.45, 7) is 1.88. The van der Waals surface area contributed by atoms with E-state index in [2.05, 4.69) is 0 Å². The molecule has 0 heterocycles. The normalized spacial score (nSPS) is 13.7. The van der Waals surface area contributed by atoms with Crippen molar-refractivity contribution in [3.05, 3.63) is 29.8 Å². The quantitative estimate of drug-likeness (QED) is 0.638. The van der Waals surface area contributed by atoms with Crippen molar-refractivity contribution in [2.75, 3.05) is 5.75 Å². The molecule has 1 rings (SSSR count). The Morgan fingerprint density at radius 1 is 1.35 bits per heavy atom. The van der Waals surface area contributed by atoms with Gasteiger partial charge in [0.2, 0.25) is 0 Å². The molecule has 0 amide bonds. The summed E-state index contributed by atoms with van der Waals surface area (Å²) in [7, 11) is 0. The standard InChI is InChI=1S/C12H16F3NS/c1-9(16)10-4-2-5-11(8-10)17-7-3-6-12(13,14)15/h2,4-5,8-9H,3,6-7,16H2,1H3. The second-order valence-electron chi connectivity index (χ2n) is 3.93. The fourth-order valence-corrected chi connectivity index (χ4v) is 2.27. The molecule has 17 heavy (non-hydrogen) atoms. The van der Waals surface area contributed by atoms with E-state index in [1.54, 1.807) is 0 Å². The van der Waals surface area contributed by atoms with E-state index in [-0.39, 0.29) is 12.5 Å². The Kier molecular flexibility index (Phi) is 5.33. The van der Waals surface area contributed by atoms with Gasteiger partial charge in [0.25, 0.3) is 0 Å². The second kappa shape index (κ2) is 6.31. The lowest BCUT2D eigenvalue weighted by atomic mass is 10.1. The topological polar surface area (TPSA) is 26.0 Å². The van der Waals surface area contributed by atoms with E-state index in [9.17, 15) is 13.2 Å². The predicted molar refractivity (Wildman–Crippen MR) is 65.1 cm³/mol. The largest absolute Gasteiger partial charge is 0.389 e. The van der Waals surface area contributed by atoms with E-state index in [0.717, 1.165) is 10.5 Å². The molecule has 5 heteroatoms. The summed E-state index contributed by atoms with van der Waals surface area (Å²) in [4.78, 5) is 0.974. The first-order chi connectivity index (χ1) is 7.88. The van der Waals surface area contributed by atoms with Gasteiger partial charge in [-0.3, -0.25) is 0 Å². The van der Waals surface area contributed by atoms with Gasteiger partial charge in [-0.25, -0.2) is 0 Å². The number of nitrogens with two attached hydrogens (primary N) is 1. The number of benzene rings is 1. The van der Waals surface area contributed by atoms with Crippen LogP contribution in [-0.4, -0.2) is 11.9 Å². The molecule has 0 saturated carbocycles. The van der Waals surface area contributed by atoms with Crippen LogP contribution >= 0.6 is 11.8 Å². The molecule has 0 saturated heterocycles. The van der Waals surface area contributed by atoms with E-state index < -0.39 is 12.6 Å². The molecular formula is C12H16F3NS. The van der Waals surface area contributed by atoms with Crippen molar-refractivity contribution in [2.24, 2.45) is 5.73 Å². The van der Waals surface area contributed by atoms with Gasteiger partial charge in [0.05, 0.1) is 0 Å². The van der Waals surface area contributed by atoms with Gasteiger partial charge >= 0.3 is 6.18 Å². The van der Waals surface area contributed by atoms with Crippen LogP contribution in [0.15, 0.2) is 29.2 Å². The minimum Gasteiger partial charge on any atom is -0.324 e. The number of halogens is 3. The summed E-state index contributed by atoms with van der Waals surface area (Å²) in [5.74, 6) is 0.474. The Morgan fingerprint density at radius 3 is 2.65 bits per heavy atom. The fourth-order valence-electron chi connectivity index (χ4n) is 1.35. The summed E-state index contributed by atoms with van der Waals surface area (Å²) in [5, 5.41) is 0. The predicted octanol–water partition coefficient (Wildman–Crippen LogP) is 4.14. The van der Waals surface area contributed by atoms with Crippen LogP contribution in [0.1, 0.15) is 31.4 Å². The molecule has 0 aliphatic heterocycles. The Bertz CT molecular complexity index is 350. The van der Waals surface area contributed by atoms with Gasteiger partial charge in [0, 0.05) is 17.4 Å². The molecule has 1 aromatic rings. The smallest absolute Gasteiger partial charge is 0.324 e. The van der Waals surface area contributed by atoms with Crippen LogP contribution in [0.3, 0.4) is 0 Å². The van der Waals surface area contributed by atoms with Crippen LogP contribution in [0.25, 0.3) is 0 Å². The summed E-state index contributed by atoms with van der Waals surface area (Å²) >= 11 is 1.44. The lowest BCUT2D eigenvalue weighted by molar-refractivity contribution is -0.134. The molecule has 1 nitrogen and oxygen atoms in total. The summed E-state index contributed by atoms with van der Waals surface area (Å²) in [6, 6.07) is 7.58. The molecule has 0 aliphatic rings. The van der Waals surface area contributed by atoms with E-state index in [1.165, 1.54) is 11.8 Å². The number of hydrogen-bond acceptors (Lipinski definition) is 2. The van der Waals surface area contributed by atoms with Gasteiger partial charge in [-0.2, -0.15) is 13.2 Å². The number of rotatable bonds is 5. The summed E-state index contributed by atoms with van der Waals surface area (Å²) < 4.78 is 35.8. The Balaban J connectivity index is 2.39. The van der Waals surface area contributed by atoms with E-state index in [4.69, 9.17) is 5.73 Å². The lowest BCUT2D eigenvalue weighted by Crippen LogP contribution is -2.07. The molecule has 0 fully saturated rings. The summed E-state index contributed by atoms with van der Waals surface area (Å²) in [6.07, 6.45) is -4.61. The number of hydrogen-bond donors (Lipinski definition) is 1. The minimum absolute atomic E-state index is 0.0503. The number of alkyl halides is 3. The zero-order valence-corrected chi connectivity index (χ0v) is 10.4. The average Bonchev–Trinajstić information content (AvgIpc) is 2.23. The zero-order chi connectivity index (χ0) is 12.9. The van der Waals surface area contributed by atoms with Crippen LogP contribution in [0.5, 0.6) is 0 Å². The summed E-state index contributed by atoms with van der Waals surface area (Å²) in [5.41, 5.74) is 6.74. The maximum atomic E-state index is 11.9. The van der Waals surface area contributed by atoms with Crippen LogP contribution in [0, 0.1) is 0 Å². The molecule has 1 aromatic carbocycles. The van der Waals surface area contributed by atoms with E-state index >= 15 is 0 Å². The minimum atomic E-state index is -4.05. The van der Waals surface area contributed by atoms with Gasteiger partial charge in [-0.1, -0.05) is 12.1 Å². The molecule has 96 valence electrons. The highest BCUT2D eigenvalue weighted by Crippen LogP contribution is 2.26. The molecule has 0 spiro atoms. The van der Waals surface area contributed by atoms with E-state index in [1.807, 2.05) is 31.2 Å². The lowest BCUT2D eigenvalue weighted by Gasteiger charge is -2.08. The van der Waals surface area contributed by atoms with Crippen LogP contribution < -0.4 is 5.73 Å². The monoisotopic (exact) mass is 263 g/mol.